The number of aryl methyl sites for hydroxylation is 1. The molecule has 2 aromatic rings. The van der Waals surface area contributed by atoms with E-state index in [-0.39, 0.29) is 5.69 Å². The summed E-state index contributed by atoms with van der Waals surface area (Å²) in [5.41, 5.74) is 3.28. The van der Waals surface area contributed by atoms with Gasteiger partial charge in [-0.2, -0.15) is 0 Å². The monoisotopic (exact) mass is 343 g/mol. The molecule has 0 spiro atoms. The van der Waals surface area contributed by atoms with Crippen LogP contribution in [0, 0.1) is 12.7 Å². The molecule has 3 amide bonds. The lowest BCUT2D eigenvalue weighted by Gasteiger charge is -2.26. The third-order valence-corrected chi connectivity index (χ3v) is 4.21. The molecule has 0 saturated carbocycles. The van der Waals surface area contributed by atoms with E-state index in [1.807, 2.05) is 6.07 Å². The van der Waals surface area contributed by atoms with Crippen LogP contribution >= 0.6 is 0 Å². The molecule has 0 aliphatic carbocycles. The number of urea groups is 1. The van der Waals surface area contributed by atoms with Gasteiger partial charge in [0.1, 0.15) is 5.82 Å². The van der Waals surface area contributed by atoms with Gasteiger partial charge in [0.05, 0.1) is 5.69 Å². The maximum Gasteiger partial charge on any atom is 0.407 e. The minimum atomic E-state index is -0.938. The highest BCUT2D eigenvalue weighted by Crippen LogP contribution is 2.23. The second-order valence-corrected chi connectivity index (χ2v) is 5.95. The molecule has 0 unspecified atom stereocenters. The summed E-state index contributed by atoms with van der Waals surface area (Å²) in [6.07, 6.45) is -0.349. The van der Waals surface area contributed by atoms with Gasteiger partial charge >= 0.3 is 12.1 Å². The van der Waals surface area contributed by atoms with Crippen molar-refractivity contribution in [2.24, 2.45) is 0 Å². The zero-order valence-corrected chi connectivity index (χ0v) is 13.7. The maximum atomic E-state index is 13.8. The van der Waals surface area contributed by atoms with Crippen molar-refractivity contribution in [2.75, 3.05) is 17.2 Å². The van der Waals surface area contributed by atoms with Gasteiger partial charge in [-0.05, 0) is 48.2 Å². The highest BCUT2D eigenvalue weighted by Gasteiger charge is 2.20. The molecule has 3 N–H and O–H groups in total. The van der Waals surface area contributed by atoms with Gasteiger partial charge < -0.3 is 20.6 Å². The molecule has 1 aliphatic rings. The summed E-state index contributed by atoms with van der Waals surface area (Å²) in [6.45, 7) is 2.48. The van der Waals surface area contributed by atoms with Crippen LogP contribution in [0.5, 0.6) is 0 Å². The van der Waals surface area contributed by atoms with E-state index in [9.17, 15) is 14.0 Å². The predicted molar refractivity (Wildman–Crippen MR) is 92.4 cm³/mol. The molecule has 6 nitrogen and oxygen atoms in total. The predicted octanol–water partition coefficient (Wildman–Crippen LogP) is 3.81. The molecule has 0 atom stereocenters. The van der Waals surface area contributed by atoms with Crippen molar-refractivity contribution in [1.82, 2.24) is 4.90 Å². The van der Waals surface area contributed by atoms with Crippen LogP contribution in [0.4, 0.5) is 25.4 Å². The lowest BCUT2D eigenvalue weighted by Crippen LogP contribution is -2.34. The number of rotatable bonds is 2. The van der Waals surface area contributed by atoms with Gasteiger partial charge in [-0.15, -0.1) is 0 Å². The Kier molecular flexibility index (Phi) is 4.56. The van der Waals surface area contributed by atoms with Gasteiger partial charge in [-0.3, -0.25) is 0 Å². The first-order valence-electron chi connectivity index (χ1n) is 7.87. The lowest BCUT2D eigenvalue weighted by molar-refractivity contribution is 0.140. The van der Waals surface area contributed by atoms with E-state index in [0.29, 0.717) is 30.8 Å². The second kappa shape index (κ2) is 6.80. The molecular formula is C18H18FN3O3. The molecule has 0 aromatic heterocycles. The summed E-state index contributed by atoms with van der Waals surface area (Å²) in [5, 5.41) is 14.3. The van der Waals surface area contributed by atoms with Gasteiger partial charge in [0, 0.05) is 18.8 Å². The number of hydrogen-bond acceptors (Lipinski definition) is 2. The van der Waals surface area contributed by atoms with E-state index in [4.69, 9.17) is 5.11 Å². The maximum absolute atomic E-state index is 13.8. The Morgan fingerprint density at radius 1 is 1.16 bits per heavy atom. The van der Waals surface area contributed by atoms with Crippen molar-refractivity contribution in [3.63, 3.8) is 0 Å². The number of carbonyl (C=O) groups is 2. The zero-order valence-electron chi connectivity index (χ0n) is 13.7. The van der Waals surface area contributed by atoms with Crippen LogP contribution in [0.15, 0.2) is 36.4 Å². The van der Waals surface area contributed by atoms with E-state index in [1.54, 1.807) is 31.2 Å². The number of para-hydroxylation sites is 1. The van der Waals surface area contributed by atoms with Gasteiger partial charge in [0.15, 0.2) is 0 Å². The third-order valence-electron chi connectivity index (χ3n) is 4.21. The van der Waals surface area contributed by atoms with Crippen LogP contribution in [0.3, 0.4) is 0 Å². The Morgan fingerprint density at radius 3 is 2.68 bits per heavy atom. The highest BCUT2D eigenvalue weighted by molar-refractivity contribution is 6.00. The molecular weight excluding hydrogens is 325 g/mol. The summed E-state index contributed by atoms with van der Waals surface area (Å²) < 4.78 is 13.8. The molecule has 1 aliphatic heterocycles. The second-order valence-electron chi connectivity index (χ2n) is 5.95. The fraction of sp³-hybridized carbons (Fsp3) is 0.222. The molecule has 0 bridgehead atoms. The normalized spacial score (nSPS) is 13.1. The first-order valence-corrected chi connectivity index (χ1v) is 7.87. The number of halogens is 1. The van der Waals surface area contributed by atoms with E-state index < -0.39 is 17.9 Å². The molecule has 3 rings (SSSR count). The lowest BCUT2D eigenvalue weighted by atomic mass is 9.99. The summed E-state index contributed by atoms with van der Waals surface area (Å²) in [6, 6.07) is 9.38. The average Bonchev–Trinajstić information content (AvgIpc) is 2.57. The molecule has 1 heterocycles. The van der Waals surface area contributed by atoms with Gasteiger partial charge in [0.25, 0.3) is 0 Å². The summed E-state index contributed by atoms with van der Waals surface area (Å²) in [5.74, 6) is -0.491. The van der Waals surface area contributed by atoms with Crippen molar-refractivity contribution >= 4 is 23.5 Å². The summed E-state index contributed by atoms with van der Waals surface area (Å²) >= 11 is 0. The third kappa shape index (κ3) is 3.71. The number of carboxylic acid groups (broad SMARTS) is 1. The topological polar surface area (TPSA) is 81.7 Å². The fourth-order valence-electron chi connectivity index (χ4n) is 2.86. The summed E-state index contributed by atoms with van der Waals surface area (Å²) in [7, 11) is 0. The van der Waals surface area contributed by atoms with Gasteiger partial charge in [0.2, 0.25) is 0 Å². The highest BCUT2D eigenvalue weighted by atomic mass is 19.1. The van der Waals surface area contributed by atoms with E-state index in [0.717, 1.165) is 11.1 Å². The van der Waals surface area contributed by atoms with Crippen molar-refractivity contribution < 1.29 is 19.1 Å². The number of hydrogen-bond donors (Lipinski definition) is 3. The van der Waals surface area contributed by atoms with Crippen molar-refractivity contribution in [1.29, 1.82) is 0 Å². The first-order chi connectivity index (χ1) is 11.9. The van der Waals surface area contributed by atoms with Crippen LogP contribution in [0.2, 0.25) is 0 Å². The van der Waals surface area contributed by atoms with Crippen molar-refractivity contribution in [3.05, 3.63) is 58.9 Å². The van der Waals surface area contributed by atoms with Gasteiger partial charge in [-0.1, -0.05) is 18.2 Å². The summed E-state index contributed by atoms with van der Waals surface area (Å²) in [4.78, 5) is 24.5. The average molecular weight is 343 g/mol. The van der Waals surface area contributed by atoms with Crippen molar-refractivity contribution in [2.45, 2.75) is 19.9 Å². The zero-order chi connectivity index (χ0) is 18.0. The van der Waals surface area contributed by atoms with Crippen LogP contribution in [-0.2, 0) is 13.0 Å². The largest absolute Gasteiger partial charge is 0.465 e. The Hall–Kier alpha value is -3.09. The van der Waals surface area contributed by atoms with Crippen LogP contribution in [-0.4, -0.2) is 28.7 Å². The molecule has 0 radical (unpaired) electrons. The number of benzene rings is 2. The fourth-order valence-corrected chi connectivity index (χ4v) is 2.86. The number of amides is 3. The molecule has 2 aromatic carbocycles. The Bertz CT molecular complexity index is 818. The SMILES string of the molecule is Cc1cccc(F)c1NC(=O)Nc1ccc2c(c1)CCN(C(=O)O)C2. The number of fused-ring (bicyclic) bond motifs is 1. The van der Waals surface area contributed by atoms with E-state index in [2.05, 4.69) is 10.6 Å². The first kappa shape index (κ1) is 16.8. The van der Waals surface area contributed by atoms with Crippen LogP contribution in [0.1, 0.15) is 16.7 Å². The number of anilines is 2. The quantitative estimate of drug-likeness (QED) is 0.775. The minimum absolute atomic E-state index is 0.148. The molecule has 130 valence electrons. The Balaban J connectivity index is 1.70. The van der Waals surface area contributed by atoms with E-state index >= 15 is 0 Å². The number of nitrogens with zero attached hydrogens (tertiary/aromatic N) is 1. The Morgan fingerprint density at radius 2 is 1.96 bits per heavy atom. The van der Waals surface area contributed by atoms with Crippen LogP contribution in [0.25, 0.3) is 0 Å². The Labute approximate surface area is 144 Å². The number of carbonyl (C=O) groups excluding carboxylic acids is 1. The van der Waals surface area contributed by atoms with Crippen LogP contribution < -0.4 is 10.6 Å². The number of nitrogens with one attached hydrogen (secondary N) is 2. The molecule has 25 heavy (non-hydrogen) atoms. The molecule has 0 fully saturated rings. The van der Waals surface area contributed by atoms with Crippen molar-refractivity contribution in [3.8, 4) is 0 Å². The van der Waals surface area contributed by atoms with Gasteiger partial charge in [-0.25, -0.2) is 14.0 Å². The molecule has 7 heteroatoms. The minimum Gasteiger partial charge on any atom is -0.465 e. The standard InChI is InChI=1S/C18H18FN3O3/c1-11-3-2-4-15(19)16(11)21-17(23)20-14-6-5-13-10-22(18(24)25)8-7-12(13)9-14/h2-6,9H,7-8,10H2,1H3,(H,24,25)(H2,20,21,23). The smallest absolute Gasteiger partial charge is 0.407 e. The van der Waals surface area contributed by atoms with E-state index in [1.165, 1.54) is 11.0 Å². The molecule has 0 saturated heterocycles.